The Bertz CT molecular complexity index is 1090. The summed E-state index contributed by atoms with van der Waals surface area (Å²) in [5, 5.41) is 4.90. The van der Waals surface area contributed by atoms with Crippen molar-refractivity contribution >= 4 is 40.6 Å². The Morgan fingerprint density at radius 3 is 2.16 bits per heavy atom. The van der Waals surface area contributed by atoms with Gasteiger partial charge >= 0.3 is 12.2 Å². The molecule has 0 saturated carbocycles. The van der Waals surface area contributed by atoms with Gasteiger partial charge in [0.15, 0.2) is 11.5 Å². The summed E-state index contributed by atoms with van der Waals surface area (Å²) in [4.78, 5) is 12.1. The van der Waals surface area contributed by atoms with E-state index in [2.05, 4.69) is 10.6 Å². The van der Waals surface area contributed by atoms with E-state index >= 15 is 0 Å². The second-order valence-electron chi connectivity index (χ2n) is 6.19. The molecule has 162 valence electrons. The first-order chi connectivity index (χ1) is 14.7. The molecule has 3 rings (SSSR count). The molecule has 0 aromatic heterocycles. The number of benzene rings is 3. The predicted octanol–water partition coefficient (Wildman–Crippen LogP) is 7.46. The summed E-state index contributed by atoms with van der Waals surface area (Å²) < 4.78 is 49.8. The summed E-state index contributed by atoms with van der Waals surface area (Å²) in [6.45, 7) is 0. The number of amides is 2. The number of urea groups is 1. The Balaban J connectivity index is 1.64. The van der Waals surface area contributed by atoms with Crippen LogP contribution in [0.15, 0.2) is 60.7 Å². The van der Waals surface area contributed by atoms with Crippen LogP contribution in [-0.2, 0) is 6.18 Å². The molecule has 2 amide bonds. The quantitative estimate of drug-likeness (QED) is 0.406. The van der Waals surface area contributed by atoms with E-state index in [1.165, 1.54) is 13.2 Å². The molecule has 10 heteroatoms. The highest BCUT2D eigenvalue weighted by molar-refractivity contribution is 6.31. The summed E-state index contributed by atoms with van der Waals surface area (Å²) >= 11 is 11.5. The van der Waals surface area contributed by atoms with Gasteiger partial charge in [-0.1, -0.05) is 23.2 Å². The Kier molecular flexibility index (Phi) is 6.82. The standard InChI is InChI=1S/C21H15Cl2F3N2O3/c1-30-19-10-12(22)2-9-18(19)31-15-6-3-13(4-7-15)27-20(29)28-14-5-8-17(23)16(11-14)21(24,25)26/h2-11H,1H3,(H2,27,28,29). The van der Waals surface area contributed by atoms with Crippen molar-refractivity contribution in [3.05, 3.63) is 76.3 Å². The van der Waals surface area contributed by atoms with Crippen molar-refractivity contribution in [1.29, 1.82) is 0 Å². The second kappa shape index (κ2) is 9.36. The molecule has 31 heavy (non-hydrogen) atoms. The molecule has 0 heterocycles. The van der Waals surface area contributed by atoms with Crippen LogP contribution in [0.3, 0.4) is 0 Å². The van der Waals surface area contributed by atoms with Gasteiger partial charge in [-0.05, 0) is 54.6 Å². The zero-order valence-electron chi connectivity index (χ0n) is 15.9. The highest BCUT2D eigenvalue weighted by Crippen LogP contribution is 2.36. The predicted molar refractivity (Wildman–Crippen MR) is 114 cm³/mol. The monoisotopic (exact) mass is 470 g/mol. The number of carbonyl (C=O) groups excluding carboxylic acids is 1. The molecular formula is C21H15Cl2F3N2O3. The fraction of sp³-hybridized carbons (Fsp3) is 0.0952. The van der Waals surface area contributed by atoms with Crippen molar-refractivity contribution in [3.8, 4) is 17.2 Å². The van der Waals surface area contributed by atoms with Crippen molar-refractivity contribution in [2.24, 2.45) is 0 Å². The molecule has 0 aliphatic carbocycles. The molecule has 2 N–H and O–H groups in total. The van der Waals surface area contributed by atoms with Crippen LogP contribution in [0.2, 0.25) is 10.0 Å². The van der Waals surface area contributed by atoms with Crippen LogP contribution in [0.25, 0.3) is 0 Å². The summed E-state index contributed by atoms with van der Waals surface area (Å²) in [6, 6.07) is 13.6. The van der Waals surface area contributed by atoms with E-state index in [1.54, 1.807) is 42.5 Å². The van der Waals surface area contributed by atoms with E-state index < -0.39 is 22.8 Å². The first kappa shape index (κ1) is 22.6. The van der Waals surface area contributed by atoms with Gasteiger partial charge in [-0.25, -0.2) is 4.79 Å². The van der Waals surface area contributed by atoms with Crippen LogP contribution in [0.1, 0.15) is 5.56 Å². The fourth-order valence-electron chi connectivity index (χ4n) is 2.57. The number of ether oxygens (including phenoxy) is 2. The number of hydrogen-bond donors (Lipinski definition) is 2. The third-order valence-electron chi connectivity index (χ3n) is 4.00. The molecule has 0 fully saturated rings. The number of anilines is 2. The number of nitrogens with one attached hydrogen (secondary N) is 2. The van der Waals surface area contributed by atoms with E-state index in [9.17, 15) is 18.0 Å². The zero-order chi connectivity index (χ0) is 22.6. The number of carbonyl (C=O) groups is 1. The van der Waals surface area contributed by atoms with E-state index in [4.69, 9.17) is 32.7 Å². The van der Waals surface area contributed by atoms with E-state index in [0.717, 1.165) is 12.1 Å². The van der Waals surface area contributed by atoms with Gasteiger partial charge in [-0.15, -0.1) is 0 Å². The SMILES string of the molecule is COc1cc(Cl)ccc1Oc1ccc(NC(=O)Nc2ccc(Cl)c(C(F)(F)F)c2)cc1. The van der Waals surface area contributed by atoms with Gasteiger partial charge in [0.2, 0.25) is 0 Å². The molecule has 0 spiro atoms. The molecular weight excluding hydrogens is 456 g/mol. The maximum Gasteiger partial charge on any atom is 0.417 e. The van der Waals surface area contributed by atoms with Crippen molar-refractivity contribution in [3.63, 3.8) is 0 Å². The van der Waals surface area contributed by atoms with Gasteiger partial charge in [-0.2, -0.15) is 13.2 Å². The van der Waals surface area contributed by atoms with E-state index in [0.29, 0.717) is 28.0 Å². The molecule has 0 unspecified atom stereocenters. The number of methoxy groups -OCH3 is 1. The van der Waals surface area contributed by atoms with Gasteiger partial charge in [0.05, 0.1) is 17.7 Å². The average Bonchev–Trinajstić information content (AvgIpc) is 2.71. The number of alkyl halides is 3. The zero-order valence-corrected chi connectivity index (χ0v) is 17.4. The third-order valence-corrected chi connectivity index (χ3v) is 4.56. The van der Waals surface area contributed by atoms with Crippen LogP contribution < -0.4 is 20.1 Å². The Hall–Kier alpha value is -3.10. The fourth-order valence-corrected chi connectivity index (χ4v) is 2.96. The summed E-state index contributed by atoms with van der Waals surface area (Å²) in [5.41, 5.74) is -0.687. The third kappa shape index (κ3) is 5.96. The number of hydrogen-bond acceptors (Lipinski definition) is 3. The van der Waals surface area contributed by atoms with Gasteiger partial charge in [0.1, 0.15) is 5.75 Å². The molecule has 3 aromatic carbocycles. The summed E-state index contributed by atoms with van der Waals surface area (Å²) in [5.74, 6) is 1.38. The summed E-state index contributed by atoms with van der Waals surface area (Å²) in [6.07, 6.45) is -4.63. The molecule has 5 nitrogen and oxygen atoms in total. The lowest BCUT2D eigenvalue weighted by atomic mass is 10.2. The van der Waals surface area contributed by atoms with Crippen LogP contribution in [0.4, 0.5) is 29.3 Å². The van der Waals surface area contributed by atoms with E-state index in [-0.39, 0.29) is 5.69 Å². The normalized spacial score (nSPS) is 11.0. The average molecular weight is 471 g/mol. The minimum absolute atomic E-state index is 0.0518. The largest absolute Gasteiger partial charge is 0.493 e. The van der Waals surface area contributed by atoms with Gasteiger partial charge < -0.3 is 20.1 Å². The first-order valence-electron chi connectivity index (χ1n) is 8.72. The van der Waals surface area contributed by atoms with Crippen LogP contribution >= 0.6 is 23.2 Å². The molecule has 3 aromatic rings. The lowest BCUT2D eigenvalue weighted by Crippen LogP contribution is -2.19. The lowest BCUT2D eigenvalue weighted by Gasteiger charge is -2.13. The molecule has 0 radical (unpaired) electrons. The molecule has 0 atom stereocenters. The van der Waals surface area contributed by atoms with Crippen molar-refractivity contribution in [1.82, 2.24) is 0 Å². The molecule has 0 aliphatic heterocycles. The highest BCUT2D eigenvalue weighted by Gasteiger charge is 2.33. The second-order valence-corrected chi connectivity index (χ2v) is 7.04. The Labute approximate surface area is 185 Å². The molecule has 0 saturated heterocycles. The number of halogens is 5. The molecule has 0 aliphatic rings. The maximum atomic E-state index is 12.9. The van der Waals surface area contributed by atoms with Gasteiger partial charge in [-0.3, -0.25) is 0 Å². The minimum atomic E-state index is -4.63. The van der Waals surface area contributed by atoms with Crippen molar-refractivity contribution < 1.29 is 27.4 Å². The van der Waals surface area contributed by atoms with Crippen LogP contribution in [0.5, 0.6) is 17.2 Å². The van der Waals surface area contributed by atoms with Gasteiger partial charge in [0, 0.05) is 22.5 Å². The number of rotatable bonds is 5. The Morgan fingerprint density at radius 2 is 1.52 bits per heavy atom. The minimum Gasteiger partial charge on any atom is -0.493 e. The molecule has 0 bridgehead atoms. The van der Waals surface area contributed by atoms with Crippen molar-refractivity contribution in [2.75, 3.05) is 17.7 Å². The van der Waals surface area contributed by atoms with Crippen molar-refractivity contribution in [2.45, 2.75) is 6.18 Å². The topological polar surface area (TPSA) is 59.6 Å². The Morgan fingerprint density at radius 1 is 0.871 bits per heavy atom. The van der Waals surface area contributed by atoms with E-state index in [1.807, 2.05) is 0 Å². The van der Waals surface area contributed by atoms with Crippen LogP contribution in [0, 0.1) is 0 Å². The first-order valence-corrected chi connectivity index (χ1v) is 9.47. The summed E-state index contributed by atoms with van der Waals surface area (Å²) in [7, 11) is 1.49. The van der Waals surface area contributed by atoms with Crippen LogP contribution in [-0.4, -0.2) is 13.1 Å². The lowest BCUT2D eigenvalue weighted by molar-refractivity contribution is -0.137. The maximum absolute atomic E-state index is 12.9. The smallest absolute Gasteiger partial charge is 0.417 e. The van der Waals surface area contributed by atoms with Gasteiger partial charge in [0.25, 0.3) is 0 Å². The highest BCUT2D eigenvalue weighted by atomic mass is 35.5.